The minimum atomic E-state index is -0.909. The van der Waals surface area contributed by atoms with Gasteiger partial charge in [-0.05, 0) is 46.6 Å². The van der Waals surface area contributed by atoms with Crippen molar-refractivity contribution in [2.75, 3.05) is 0 Å². The Hall–Kier alpha value is -1.33. The van der Waals surface area contributed by atoms with E-state index >= 15 is 0 Å². The van der Waals surface area contributed by atoms with Crippen LogP contribution in [0.5, 0.6) is 0 Å². The number of rotatable bonds is 3. The van der Waals surface area contributed by atoms with Crippen LogP contribution in [0.25, 0.3) is 5.69 Å². The van der Waals surface area contributed by atoms with Crippen molar-refractivity contribution in [2.24, 2.45) is 0 Å². The minimum absolute atomic E-state index is 0.111. The largest absolute Gasteiger partial charge is 0.481 e. The van der Waals surface area contributed by atoms with Gasteiger partial charge in [-0.25, -0.2) is 4.68 Å². The Bertz CT molecular complexity index is 610. The third kappa shape index (κ3) is 2.73. The number of carboxylic acids is 1. The molecular formula is C12H10BrClN2O2. The van der Waals surface area contributed by atoms with Crippen LogP contribution < -0.4 is 0 Å². The monoisotopic (exact) mass is 328 g/mol. The number of aromatic nitrogens is 2. The molecule has 4 nitrogen and oxygen atoms in total. The smallest absolute Gasteiger partial charge is 0.309 e. The standard InChI is InChI=1S/C12H10BrClN2O2/c1-7-4-8(14)2-3-11(7)16-6-9(13)10(15-16)5-12(17)18/h2-4,6H,5H2,1H3,(H,17,18). The molecular weight excluding hydrogens is 320 g/mol. The molecule has 1 N–H and O–H groups in total. The first-order valence-electron chi connectivity index (χ1n) is 5.19. The molecule has 94 valence electrons. The summed E-state index contributed by atoms with van der Waals surface area (Å²) in [5.41, 5.74) is 2.34. The second-order valence-electron chi connectivity index (χ2n) is 3.87. The van der Waals surface area contributed by atoms with Gasteiger partial charge >= 0.3 is 5.97 Å². The van der Waals surface area contributed by atoms with Crippen molar-refractivity contribution in [3.05, 3.63) is 45.1 Å². The highest BCUT2D eigenvalue weighted by Gasteiger charge is 2.12. The van der Waals surface area contributed by atoms with Gasteiger partial charge in [-0.1, -0.05) is 11.6 Å². The van der Waals surface area contributed by atoms with E-state index in [0.717, 1.165) is 11.3 Å². The lowest BCUT2D eigenvalue weighted by molar-refractivity contribution is -0.136. The van der Waals surface area contributed by atoms with E-state index in [1.807, 2.05) is 19.1 Å². The van der Waals surface area contributed by atoms with Crippen molar-refractivity contribution in [2.45, 2.75) is 13.3 Å². The van der Waals surface area contributed by atoms with Gasteiger partial charge in [-0.15, -0.1) is 0 Å². The highest BCUT2D eigenvalue weighted by Crippen LogP contribution is 2.22. The zero-order chi connectivity index (χ0) is 13.3. The Kier molecular flexibility index (Phi) is 3.73. The Morgan fingerprint density at radius 3 is 2.89 bits per heavy atom. The number of halogens is 2. The van der Waals surface area contributed by atoms with E-state index in [-0.39, 0.29) is 6.42 Å². The molecule has 0 saturated heterocycles. The topological polar surface area (TPSA) is 55.1 Å². The predicted molar refractivity (Wildman–Crippen MR) is 72.4 cm³/mol. The summed E-state index contributed by atoms with van der Waals surface area (Å²) in [4.78, 5) is 10.7. The molecule has 0 radical (unpaired) electrons. The first-order valence-corrected chi connectivity index (χ1v) is 6.37. The van der Waals surface area contributed by atoms with Crippen LogP contribution in [0.3, 0.4) is 0 Å². The molecule has 0 spiro atoms. The molecule has 0 aliphatic rings. The molecule has 0 fully saturated rings. The highest BCUT2D eigenvalue weighted by molar-refractivity contribution is 9.10. The predicted octanol–water partition coefficient (Wildman–Crippen LogP) is 3.22. The molecule has 0 saturated carbocycles. The molecule has 0 aliphatic carbocycles. The number of hydrogen-bond donors (Lipinski definition) is 1. The zero-order valence-corrected chi connectivity index (χ0v) is 11.9. The molecule has 0 bridgehead atoms. The fraction of sp³-hybridized carbons (Fsp3) is 0.167. The molecule has 0 amide bonds. The van der Waals surface area contributed by atoms with E-state index in [1.54, 1.807) is 16.9 Å². The van der Waals surface area contributed by atoms with E-state index in [4.69, 9.17) is 16.7 Å². The number of benzene rings is 1. The van der Waals surface area contributed by atoms with Crippen LogP contribution in [0.1, 0.15) is 11.3 Å². The molecule has 6 heteroatoms. The quantitative estimate of drug-likeness (QED) is 0.940. The van der Waals surface area contributed by atoms with Gasteiger partial charge in [0.1, 0.15) is 0 Å². The summed E-state index contributed by atoms with van der Waals surface area (Å²) in [6, 6.07) is 5.46. The number of aryl methyl sites for hydroxylation is 1. The fourth-order valence-electron chi connectivity index (χ4n) is 1.65. The van der Waals surface area contributed by atoms with Gasteiger partial charge in [0.15, 0.2) is 0 Å². The molecule has 0 atom stereocenters. The zero-order valence-electron chi connectivity index (χ0n) is 9.52. The SMILES string of the molecule is Cc1cc(Cl)ccc1-n1cc(Br)c(CC(=O)O)n1. The molecule has 1 aromatic carbocycles. The Morgan fingerprint density at radius 2 is 2.28 bits per heavy atom. The van der Waals surface area contributed by atoms with Crippen molar-refractivity contribution >= 4 is 33.5 Å². The van der Waals surface area contributed by atoms with Crippen LogP contribution in [0, 0.1) is 6.92 Å². The Labute approximate surface area is 117 Å². The van der Waals surface area contributed by atoms with Gasteiger partial charge in [0, 0.05) is 11.2 Å². The van der Waals surface area contributed by atoms with Crippen LogP contribution in [-0.4, -0.2) is 20.9 Å². The highest BCUT2D eigenvalue weighted by atomic mass is 79.9. The lowest BCUT2D eigenvalue weighted by atomic mass is 10.2. The van der Waals surface area contributed by atoms with Crippen molar-refractivity contribution < 1.29 is 9.90 Å². The average Bonchev–Trinajstić information content (AvgIpc) is 2.59. The summed E-state index contributed by atoms with van der Waals surface area (Å²) < 4.78 is 2.33. The first-order chi connectivity index (χ1) is 8.47. The number of carboxylic acid groups (broad SMARTS) is 1. The number of nitrogens with zero attached hydrogens (tertiary/aromatic N) is 2. The van der Waals surface area contributed by atoms with Gasteiger partial charge in [0.25, 0.3) is 0 Å². The normalized spacial score (nSPS) is 10.6. The molecule has 2 rings (SSSR count). The lowest BCUT2D eigenvalue weighted by Gasteiger charge is -2.05. The molecule has 1 aromatic heterocycles. The van der Waals surface area contributed by atoms with Gasteiger partial charge < -0.3 is 5.11 Å². The van der Waals surface area contributed by atoms with Crippen LogP contribution in [0.15, 0.2) is 28.9 Å². The maximum absolute atomic E-state index is 10.7. The van der Waals surface area contributed by atoms with Crippen molar-refractivity contribution in [3.8, 4) is 5.69 Å². The maximum Gasteiger partial charge on any atom is 0.309 e. The molecule has 0 unspecified atom stereocenters. The van der Waals surface area contributed by atoms with Crippen LogP contribution in [0.2, 0.25) is 5.02 Å². The summed E-state index contributed by atoms with van der Waals surface area (Å²) in [7, 11) is 0. The van der Waals surface area contributed by atoms with Crippen LogP contribution in [0.4, 0.5) is 0 Å². The molecule has 1 heterocycles. The van der Waals surface area contributed by atoms with E-state index < -0.39 is 5.97 Å². The van der Waals surface area contributed by atoms with Gasteiger partial charge in [0.05, 0.1) is 22.3 Å². The summed E-state index contributed by atoms with van der Waals surface area (Å²) in [5, 5.41) is 13.7. The second kappa shape index (κ2) is 5.12. The van der Waals surface area contributed by atoms with Gasteiger partial charge in [0.2, 0.25) is 0 Å². The van der Waals surface area contributed by atoms with Crippen molar-refractivity contribution in [1.29, 1.82) is 0 Å². The van der Waals surface area contributed by atoms with Gasteiger partial charge in [-0.2, -0.15) is 5.10 Å². The second-order valence-corrected chi connectivity index (χ2v) is 5.16. The van der Waals surface area contributed by atoms with E-state index in [2.05, 4.69) is 21.0 Å². The van der Waals surface area contributed by atoms with Crippen molar-refractivity contribution in [1.82, 2.24) is 9.78 Å². The Balaban J connectivity index is 2.42. The molecule has 18 heavy (non-hydrogen) atoms. The molecule has 0 aliphatic heterocycles. The van der Waals surface area contributed by atoms with E-state index in [9.17, 15) is 4.79 Å². The molecule has 2 aromatic rings. The first kappa shape index (κ1) is 13.1. The Morgan fingerprint density at radius 1 is 1.56 bits per heavy atom. The number of aliphatic carboxylic acids is 1. The minimum Gasteiger partial charge on any atom is -0.481 e. The third-order valence-electron chi connectivity index (χ3n) is 2.46. The summed E-state index contributed by atoms with van der Waals surface area (Å²) >= 11 is 9.20. The average molecular weight is 330 g/mol. The fourth-order valence-corrected chi connectivity index (χ4v) is 2.29. The lowest BCUT2D eigenvalue weighted by Crippen LogP contribution is -2.03. The number of carbonyl (C=O) groups is 1. The van der Waals surface area contributed by atoms with Crippen LogP contribution in [-0.2, 0) is 11.2 Å². The van der Waals surface area contributed by atoms with Crippen LogP contribution >= 0.6 is 27.5 Å². The number of hydrogen-bond acceptors (Lipinski definition) is 2. The van der Waals surface area contributed by atoms with Crippen molar-refractivity contribution in [3.63, 3.8) is 0 Å². The van der Waals surface area contributed by atoms with E-state index in [0.29, 0.717) is 15.2 Å². The van der Waals surface area contributed by atoms with Gasteiger partial charge in [-0.3, -0.25) is 4.79 Å². The summed E-state index contributed by atoms with van der Waals surface area (Å²) in [5.74, 6) is -0.909. The van der Waals surface area contributed by atoms with E-state index in [1.165, 1.54) is 0 Å². The third-order valence-corrected chi connectivity index (χ3v) is 3.36. The summed E-state index contributed by atoms with van der Waals surface area (Å²) in [6.07, 6.45) is 1.63. The maximum atomic E-state index is 10.7. The summed E-state index contributed by atoms with van der Waals surface area (Å²) in [6.45, 7) is 1.92.